The lowest BCUT2D eigenvalue weighted by Gasteiger charge is -2.13. The van der Waals surface area contributed by atoms with Crippen LogP contribution in [0.1, 0.15) is 17.2 Å². The Hall–Kier alpha value is -1.16. The van der Waals surface area contributed by atoms with Gasteiger partial charge < -0.3 is 5.11 Å². The Bertz CT molecular complexity index is 602. The molecule has 1 unspecified atom stereocenters. The Balaban J connectivity index is 2.28. The van der Waals surface area contributed by atoms with Crippen LogP contribution in [-0.4, -0.2) is 5.11 Å². The van der Waals surface area contributed by atoms with Crippen molar-refractivity contribution >= 4 is 23.2 Å². The second-order valence-electron chi connectivity index (χ2n) is 4.10. The van der Waals surface area contributed by atoms with E-state index in [-0.39, 0.29) is 17.0 Å². The van der Waals surface area contributed by atoms with Gasteiger partial charge in [-0.05, 0) is 29.8 Å². The van der Waals surface area contributed by atoms with Gasteiger partial charge in [-0.15, -0.1) is 0 Å². The first kappa shape index (κ1) is 14.3. The lowest BCUT2D eigenvalue weighted by Crippen LogP contribution is -2.05. The molecule has 0 saturated carbocycles. The summed E-state index contributed by atoms with van der Waals surface area (Å²) in [5.41, 5.74) is 0.473. The Morgan fingerprint density at radius 2 is 1.79 bits per heavy atom. The lowest BCUT2D eigenvalue weighted by molar-refractivity contribution is 0.173. The number of rotatable bonds is 3. The van der Waals surface area contributed by atoms with Crippen molar-refractivity contribution in [3.63, 3.8) is 0 Å². The van der Waals surface area contributed by atoms with Crippen LogP contribution in [0.3, 0.4) is 0 Å². The smallest absolute Gasteiger partial charge is 0.147 e. The summed E-state index contributed by atoms with van der Waals surface area (Å²) in [6.07, 6.45) is -1.13. The zero-order valence-electron chi connectivity index (χ0n) is 9.71. The monoisotopic (exact) mass is 302 g/mol. The second kappa shape index (κ2) is 5.87. The summed E-state index contributed by atoms with van der Waals surface area (Å²) in [6, 6.07) is 8.19. The predicted molar refractivity (Wildman–Crippen MR) is 71.5 cm³/mol. The highest BCUT2D eigenvalue weighted by atomic mass is 35.5. The summed E-state index contributed by atoms with van der Waals surface area (Å²) in [5.74, 6) is -1.14. The second-order valence-corrected chi connectivity index (χ2v) is 4.91. The molecule has 2 aromatic carbocycles. The van der Waals surface area contributed by atoms with E-state index in [0.717, 1.165) is 0 Å². The minimum absolute atomic E-state index is 0.00779. The van der Waals surface area contributed by atoms with Crippen LogP contribution in [0, 0.1) is 11.6 Å². The van der Waals surface area contributed by atoms with Gasteiger partial charge in [0, 0.05) is 17.0 Å². The molecule has 0 radical (unpaired) electrons. The maximum Gasteiger partial charge on any atom is 0.147 e. The lowest BCUT2D eigenvalue weighted by atomic mass is 10.0. The summed E-state index contributed by atoms with van der Waals surface area (Å²) in [7, 11) is 0. The molecule has 0 fully saturated rings. The van der Waals surface area contributed by atoms with Gasteiger partial charge in [0.25, 0.3) is 0 Å². The summed E-state index contributed by atoms with van der Waals surface area (Å²) < 4.78 is 26.8. The Morgan fingerprint density at radius 1 is 1.05 bits per heavy atom. The van der Waals surface area contributed by atoms with Crippen LogP contribution in [0.4, 0.5) is 8.78 Å². The van der Waals surface area contributed by atoms with Crippen molar-refractivity contribution in [2.24, 2.45) is 0 Å². The maximum atomic E-state index is 13.7. The summed E-state index contributed by atoms with van der Waals surface area (Å²) >= 11 is 11.5. The van der Waals surface area contributed by atoms with E-state index in [1.54, 1.807) is 0 Å². The van der Waals surface area contributed by atoms with Gasteiger partial charge in [-0.2, -0.15) is 0 Å². The molecule has 0 saturated heterocycles. The molecule has 5 heteroatoms. The van der Waals surface area contributed by atoms with Crippen LogP contribution >= 0.6 is 23.2 Å². The van der Waals surface area contributed by atoms with Crippen LogP contribution < -0.4 is 0 Å². The molecule has 0 aromatic heterocycles. The van der Waals surface area contributed by atoms with Gasteiger partial charge in [0.15, 0.2) is 0 Å². The number of halogens is 4. The van der Waals surface area contributed by atoms with Crippen molar-refractivity contribution in [1.82, 2.24) is 0 Å². The molecule has 0 aliphatic rings. The summed E-state index contributed by atoms with van der Waals surface area (Å²) in [6.45, 7) is 0. The molecule has 2 rings (SSSR count). The van der Waals surface area contributed by atoms with Crippen molar-refractivity contribution in [3.05, 3.63) is 69.2 Å². The van der Waals surface area contributed by atoms with Crippen LogP contribution in [0.5, 0.6) is 0 Å². The van der Waals surface area contributed by atoms with Gasteiger partial charge in [-0.1, -0.05) is 35.3 Å². The van der Waals surface area contributed by atoms with E-state index >= 15 is 0 Å². The molecular weight excluding hydrogens is 293 g/mol. The molecule has 2 aromatic rings. The molecular formula is C14H10Cl2F2O. The molecule has 0 spiro atoms. The minimum atomic E-state index is -1.14. The number of hydrogen-bond donors (Lipinski definition) is 1. The quantitative estimate of drug-likeness (QED) is 0.882. The molecule has 0 amide bonds. The third kappa shape index (κ3) is 3.24. The van der Waals surface area contributed by atoms with Crippen molar-refractivity contribution in [1.29, 1.82) is 0 Å². The van der Waals surface area contributed by atoms with E-state index in [1.807, 2.05) is 0 Å². The average molecular weight is 303 g/mol. The standard InChI is InChI=1S/C14H10Cl2F2O/c15-11-5-4-9(17)6-8(11)7-13(19)10-2-1-3-12(16)14(10)18/h1-6,13,19H,7H2. The summed E-state index contributed by atoms with van der Waals surface area (Å²) in [5, 5.41) is 10.3. The van der Waals surface area contributed by atoms with Crippen molar-refractivity contribution in [2.75, 3.05) is 0 Å². The molecule has 0 bridgehead atoms. The molecule has 0 aliphatic carbocycles. The van der Waals surface area contributed by atoms with E-state index in [4.69, 9.17) is 23.2 Å². The van der Waals surface area contributed by atoms with E-state index in [1.165, 1.54) is 36.4 Å². The van der Waals surface area contributed by atoms with Crippen molar-refractivity contribution < 1.29 is 13.9 Å². The van der Waals surface area contributed by atoms with Crippen LogP contribution in [0.2, 0.25) is 10.0 Å². The normalized spacial score (nSPS) is 12.5. The van der Waals surface area contributed by atoms with Gasteiger partial charge in [-0.25, -0.2) is 8.78 Å². The fourth-order valence-corrected chi connectivity index (χ4v) is 2.17. The van der Waals surface area contributed by atoms with Gasteiger partial charge in [-0.3, -0.25) is 0 Å². The third-order valence-electron chi connectivity index (χ3n) is 2.76. The summed E-state index contributed by atoms with van der Waals surface area (Å²) in [4.78, 5) is 0. The van der Waals surface area contributed by atoms with E-state index < -0.39 is 17.7 Å². The largest absolute Gasteiger partial charge is 0.388 e. The topological polar surface area (TPSA) is 20.2 Å². The zero-order chi connectivity index (χ0) is 14.0. The van der Waals surface area contributed by atoms with E-state index in [2.05, 4.69) is 0 Å². The first-order valence-electron chi connectivity index (χ1n) is 5.55. The highest BCUT2D eigenvalue weighted by molar-refractivity contribution is 6.31. The third-order valence-corrected chi connectivity index (χ3v) is 3.42. The fraction of sp³-hybridized carbons (Fsp3) is 0.143. The molecule has 1 nitrogen and oxygen atoms in total. The van der Waals surface area contributed by atoms with Crippen LogP contribution in [0.25, 0.3) is 0 Å². The molecule has 100 valence electrons. The van der Waals surface area contributed by atoms with Crippen molar-refractivity contribution in [3.8, 4) is 0 Å². The first-order chi connectivity index (χ1) is 8.99. The van der Waals surface area contributed by atoms with Gasteiger partial charge >= 0.3 is 0 Å². The Kier molecular flexibility index (Phi) is 4.40. The number of benzene rings is 2. The Morgan fingerprint density at radius 3 is 2.53 bits per heavy atom. The zero-order valence-corrected chi connectivity index (χ0v) is 11.2. The fourth-order valence-electron chi connectivity index (χ4n) is 1.80. The molecule has 1 atom stereocenters. The molecule has 0 aliphatic heterocycles. The van der Waals surface area contributed by atoms with Crippen LogP contribution in [-0.2, 0) is 6.42 Å². The van der Waals surface area contributed by atoms with Crippen molar-refractivity contribution in [2.45, 2.75) is 12.5 Å². The highest BCUT2D eigenvalue weighted by Gasteiger charge is 2.17. The maximum absolute atomic E-state index is 13.7. The van der Waals surface area contributed by atoms with Crippen LogP contribution in [0.15, 0.2) is 36.4 Å². The number of hydrogen-bond acceptors (Lipinski definition) is 1. The van der Waals surface area contributed by atoms with E-state index in [9.17, 15) is 13.9 Å². The average Bonchev–Trinajstić information content (AvgIpc) is 2.37. The SMILES string of the molecule is OC(Cc1cc(F)ccc1Cl)c1cccc(Cl)c1F. The van der Waals surface area contributed by atoms with Gasteiger partial charge in [0.05, 0.1) is 11.1 Å². The number of aliphatic hydroxyl groups is 1. The molecule has 0 heterocycles. The molecule has 19 heavy (non-hydrogen) atoms. The first-order valence-corrected chi connectivity index (χ1v) is 6.30. The van der Waals surface area contributed by atoms with E-state index in [0.29, 0.717) is 10.6 Å². The van der Waals surface area contributed by atoms with Gasteiger partial charge in [0.1, 0.15) is 11.6 Å². The van der Waals surface area contributed by atoms with Gasteiger partial charge in [0.2, 0.25) is 0 Å². The molecule has 1 N–H and O–H groups in total. The predicted octanol–water partition coefficient (Wildman–Crippen LogP) is 4.55. The number of aliphatic hydroxyl groups excluding tert-OH is 1. The highest BCUT2D eigenvalue weighted by Crippen LogP contribution is 2.28. The Labute approximate surface area is 119 Å². The minimum Gasteiger partial charge on any atom is -0.388 e.